The predicted molar refractivity (Wildman–Crippen MR) is 124 cm³/mol. The molecule has 0 saturated heterocycles. The number of carbonyl (C=O) groups excluding carboxylic acids is 1. The van der Waals surface area contributed by atoms with Crippen LogP contribution in [0.2, 0.25) is 0 Å². The Hall–Kier alpha value is -3.87. The van der Waals surface area contributed by atoms with Crippen LogP contribution < -0.4 is 16.6 Å². The normalized spacial score (nSPS) is 16.1. The maximum atomic E-state index is 14.4. The zero-order valence-corrected chi connectivity index (χ0v) is 18.5. The second kappa shape index (κ2) is 9.55. The topological polar surface area (TPSA) is 121 Å². The third-order valence-corrected chi connectivity index (χ3v) is 6.30. The summed E-state index contributed by atoms with van der Waals surface area (Å²) in [5.41, 5.74) is -1.39. The van der Waals surface area contributed by atoms with E-state index in [4.69, 9.17) is 5.26 Å². The Morgan fingerprint density at radius 3 is 2.68 bits per heavy atom. The van der Waals surface area contributed by atoms with E-state index in [2.05, 4.69) is 15.3 Å². The fraction of sp³-hybridized carbons (Fsp3) is 0.375. The smallest absolute Gasteiger partial charge is 0.329 e. The van der Waals surface area contributed by atoms with Gasteiger partial charge in [0.25, 0.3) is 5.56 Å². The van der Waals surface area contributed by atoms with Gasteiger partial charge in [-0.3, -0.25) is 14.6 Å². The lowest BCUT2D eigenvalue weighted by Gasteiger charge is -2.31. The molecule has 1 amide bonds. The van der Waals surface area contributed by atoms with Crippen LogP contribution >= 0.6 is 0 Å². The molecule has 10 heteroatoms. The number of pyridine rings is 1. The van der Waals surface area contributed by atoms with Crippen molar-refractivity contribution in [3.8, 4) is 6.07 Å². The van der Waals surface area contributed by atoms with Gasteiger partial charge in [-0.15, -0.1) is 0 Å². The van der Waals surface area contributed by atoms with E-state index in [1.165, 1.54) is 19.2 Å². The van der Waals surface area contributed by atoms with Crippen LogP contribution in [0.15, 0.2) is 40.1 Å². The Labute approximate surface area is 196 Å². The number of hydrogen-bond acceptors (Lipinski definition) is 5. The number of aromatic amines is 1. The van der Waals surface area contributed by atoms with E-state index in [1.807, 2.05) is 0 Å². The molecule has 1 saturated carbocycles. The molecule has 34 heavy (non-hydrogen) atoms. The van der Waals surface area contributed by atoms with Crippen LogP contribution in [0, 0.1) is 28.9 Å². The van der Waals surface area contributed by atoms with Crippen LogP contribution in [0.4, 0.5) is 8.78 Å². The zero-order chi connectivity index (χ0) is 24.4. The van der Waals surface area contributed by atoms with Crippen LogP contribution in [-0.2, 0) is 4.79 Å². The number of rotatable bonds is 5. The Kier molecular flexibility index (Phi) is 6.54. The number of amides is 1. The maximum Gasteiger partial charge on any atom is 0.329 e. The second-order valence-electron chi connectivity index (χ2n) is 8.57. The summed E-state index contributed by atoms with van der Waals surface area (Å²) in [5.74, 6) is -2.33. The molecule has 2 heterocycles. The molecular weight excluding hydrogens is 444 g/mol. The van der Waals surface area contributed by atoms with E-state index in [-0.39, 0.29) is 30.9 Å². The van der Waals surface area contributed by atoms with Gasteiger partial charge in [0.1, 0.15) is 23.7 Å². The van der Waals surface area contributed by atoms with Crippen molar-refractivity contribution < 1.29 is 16.4 Å². The number of carbonyl (C=O) groups is 1. The zero-order valence-electron chi connectivity index (χ0n) is 18.5. The van der Waals surface area contributed by atoms with Crippen molar-refractivity contribution in [2.75, 3.05) is 0 Å². The summed E-state index contributed by atoms with van der Waals surface area (Å²) in [6, 6.07) is 4.23. The molecule has 0 radical (unpaired) electrons. The number of aromatic nitrogens is 3. The van der Waals surface area contributed by atoms with E-state index >= 15 is 0 Å². The number of fused-ring (bicyclic) bond motifs is 1. The maximum absolute atomic E-state index is 14.4. The summed E-state index contributed by atoms with van der Waals surface area (Å²) < 4.78 is 29.1. The highest BCUT2D eigenvalue weighted by atomic mass is 19.1. The van der Waals surface area contributed by atoms with Crippen LogP contribution in [0.25, 0.3) is 10.9 Å². The second-order valence-corrected chi connectivity index (χ2v) is 8.57. The van der Waals surface area contributed by atoms with Crippen molar-refractivity contribution in [3.05, 3.63) is 74.2 Å². The summed E-state index contributed by atoms with van der Waals surface area (Å²) in [7, 11) is 0. The molecule has 2 atom stereocenters. The molecule has 180 valence electrons. The van der Waals surface area contributed by atoms with Crippen LogP contribution in [0.5, 0.6) is 0 Å². The molecule has 0 spiro atoms. The van der Waals surface area contributed by atoms with Gasteiger partial charge in [0.2, 0.25) is 5.91 Å². The summed E-state index contributed by atoms with van der Waals surface area (Å²) in [5, 5.41) is 11.5. The monoisotopic (exact) mass is 471 g/mol. The van der Waals surface area contributed by atoms with Gasteiger partial charge >= 0.3 is 5.69 Å². The lowest BCUT2D eigenvalue weighted by Crippen LogP contribution is -2.48. The van der Waals surface area contributed by atoms with Gasteiger partial charge in [-0.2, -0.15) is 5.26 Å². The van der Waals surface area contributed by atoms with Crippen LogP contribution in [-0.4, -0.2) is 20.4 Å². The van der Waals surface area contributed by atoms with Crippen molar-refractivity contribution in [2.45, 2.75) is 51.1 Å². The molecule has 0 aliphatic heterocycles. The predicted octanol–water partition coefficient (Wildman–Crippen LogP) is 3.73. The Morgan fingerprint density at radius 2 is 2.00 bits per heavy atom. The fourth-order valence-corrected chi connectivity index (χ4v) is 4.64. The van der Waals surface area contributed by atoms with Gasteiger partial charge in [-0.05, 0) is 49.9 Å². The van der Waals surface area contributed by atoms with Gasteiger partial charge in [-0.1, -0.05) is 19.3 Å². The molecule has 1 aromatic carbocycles. The number of nitrogens with zero attached hydrogens (tertiary/aromatic N) is 3. The van der Waals surface area contributed by atoms with Gasteiger partial charge in [0.05, 0.1) is 28.2 Å². The first-order valence-electron chi connectivity index (χ1n) is 11.1. The van der Waals surface area contributed by atoms with Gasteiger partial charge in [-0.25, -0.2) is 18.1 Å². The summed E-state index contributed by atoms with van der Waals surface area (Å²) in [6.07, 6.45) is 5.12. The number of nitriles is 1. The van der Waals surface area contributed by atoms with Crippen molar-refractivity contribution in [1.82, 2.24) is 19.9 Å². The molecule has 8 nitrogen and oxygen atoms in total. The number of benzene rings is 1. The molecule has 4 rings (SSSR count). The van der Waals surface area contributed by atoms with Gasteiger partial charge in [0, 0.05) is 9.05 Å². The Bertz CT molecular complexity index is 1410. The molecule has 3 aromatic rings. The largest absolute Gasteiger partial charge is 0.346 e. The third kappa shape index (κ3) is 4.46. The minimum absolute atomic E-state index is 0. The van der Waals surface area contributed by atoms with Crippen molar-refractivity contribution in [2.24, 2.45) is 5.92 Å². The summed E-state index contributed by atoms with van der Waals surface area (Å²) in [6.45, 7) is 1.52. The first-order chi connectivity index (χ1) is 16.3. The number of hydrogen-bond donors (Lipinski definition) is 2. The minimum Gasteiger partial charge on any atom is -0.346 e. The standard InChI is InChI=1S/C24H23F2N5O3.2H2/c1-13(20-18(26)9-14(11-27)12-28-20)29-22(32)21(15-5-3-2-4-6-15)31-23(33)17-10-16(25)7-8-19(17)30-24(31)34;;/h7-10,12-13,15,21H,2-6H2,1H3,(H,29,32)(H,30,34);2*1H/t13-,21-;;/m1../s1. The fourth-order valence-electron chi connectivity index (χ4n) is 4.64. The third-order valence-electron chi connectivity index (χ3n) is 6.30. The quantitative estimate of drug-likeness (QED) is 0.587. The van der Waals surface area contributed by atoms with Crippen molar-refractivity contribution in [3.63, 3.8) is 0 Å². The lowest BCUT2D eigenvalue weighted by molar-refractivity contribution is -0.127. The number of nitrogens with one attached hydrogen (secondary N) is 2. The average Bonchev–Trinajstić information content (AvgIpc) is 2.82. The van der Waals surface area contributed by atoms with E-state index in [0.29, 0.717) is 12.8 Å². The van der Waals surface area contributed by atoms with E-state index in [9.17, 15) is 23.2 Å². The Morgan fingerprint density at radius 1 is 1.26 bits per heavy atom. The number of halogens is 2. The molecule has 1 fully saturated rings. The molecule has 2 aromatic heterocycles. The van der Waals surface area contributed by atoms with Crippen molar-refractivity contribution in [1.29, 1.82) is 5.26 Å². The summed E-state index contributed by atoms with van der Waals surface area (Å²) >= 11 is 0. The van der Waals surface area contributed by atoms with Crippen molar-refractivity contribution >= 4 is 16.8 Å². The molecule has 2 N–H and O–H groups in total. The molecule has 1 aliphatic carbocycles. The van der Waals surface area contributed by atoms with E-state index in [1.54, 1.807) is 6.07 Å². The highest BCUT2D eigenvalue weighted by molar-refractivity contribution is 5.82. The van der Waals surface area contributed by atoms with Gasteiger partial charge in [0.15, 0.2) is 0 Å². The lowest BCUT2D eigenvalue weighted by atomic mass is 9.83. The minimum atomic E-state index is -1.16. The molecule has 0 unspecified atom stereocenters. The van der Waals surface area contributed by atoms with E-state index in [0.717, 1.165) is 42.0 Å². The summed E-state index contributed by atoms with van der Waals surface area (Å²) in [4.78, 5) is 46.2. The van der Waals surface area contributed by atoms with Crippen LogP contribution in [0.3, 0.4) is 0 Å². The van der Waals surface area contributed by atoms with E-state index < -0.39 is 40.9 Å². The Balaban J connectivity index is 0.00000228. The highest BCUT2D eigenvalue weighted by Gasteiger charge is 2.35. The SMILES string of the molecule is C[C@@H](NC(=O)[C@@H](C1CCCCC1)n1c(=O)[nH]c2ccc(F)cc2c1=O)c1ncc(C#N)cc1F.[HH].[HH]. The molecular formula is C24H27F2N5O3. The van der Waals surface area contributed by atoms with Crippen LogP contribution in [0.1, 0.15) is 65.2 Å². The van der Waals surface area contributed by atoms with Gasteiger partial charge < -0.3 is 10.3 Å². The average molecular weight is 472 g/mol. The molecule has 1 aliphatic rings. The highest BCUT2D eigenvalue weighted by Crippen LogP contribution is 2.32. The first-order valence-corrected chi connectivity index (χ1v) is 11.1. The number of H-pyrrole nitrogens is 1. The molecule has 0 bridgehead atoms. The first kappa shape index (κ1) is 23.3.